The molecule has 0 spiro atoms. The fraction of sp³-hybridized carbons (Fsp3) is 0.474. The molecule has 0 aliphatic carbocycles. The lowest BCUT2D eigenvalue weighted by Gasteiger charge is -2.23. The van der Waals surface area contributed by atoms with Gasteiger partial charge in [-0.2, -0.15) is 4.31 Å². The molecule has 0 amide bonds. The minimum Gasteiger partial charge on any atom is -0.497 e. The highest BCUT2D eigenvalue weighted by molar-refractivity contribution is 7.89. The number of rotatable bonds is 6. The van der Waals surface area contributed by atoms with Crippen LogP contribution in [-0.4, -0.2) is 70.1 Å². The summed E-state index contributed by atoms with van der Waals surface area (Å²) in [5, 5.41) is 3.35. The van der Waals surface area contributed by atoms with Gasteiger partial charge in [0.1, 0.15) is 17.9 Å². The number of sulfonamides is 1. The van der Waals surface area contributed by atoms with Gasteiger partial charge in [0.25, 0.3) is 0 Å². The van der Waals surface area contributed by atoms with Gasteiger partial charge in [-0.25, -0.2) is 18.4 Å². The lowest BCUT2D eigenvalue weighted by Crippen LogP contribution is -2.36. The molecule has 3 rings (SSSR count). The van der Waals surface area contributed by atoms with Crippen molar-refractivity contribution in [2.24, 2.45) is 5.92 Å². The average Bonchev–Trinajstić information content (AvgIpc) is 2.94. The molecule has 0 saturated carbocycles. The molecule has 1 aliphatic rings. The molecule has 1 saturated heterocycles. The largest absolute Gasteiger partial charge is 0.497 e. The van der Waals surface area contributed by atoms with E-state index in [9.17, 15) is 8.42 Å². The van der Waals surface area contributed by atoms with Gasteiger partial charge in [-0.3, -0.25) is 0 Å². The van der Waals surface area contributed by atoms with E-state index in [0.717, 1.165) is 18.1 Å². The molecular weight excluding hydrogens is 378 g/mol. The zero-order chi connectivity index (χ0) is 20.1. The summed E-state index contributed by atoms with van der Waals surface area (Å²) in [5.74, 6) is 1.60. The molecule has 0 unspecified atom stereocenters. The van der Waals surface area contributed by atoms with Crippen LogP contribution in [0.15, 0.2) is 41.6 Å². The van der Waals surface area contributed by atoms with Gasteiger partial charge in [-0.1, -0.05) is 0 Å². The first kappa shape index (κ1) is 20.5. The van der Waals surface area contributed by atoms with Crippen LogP contribution in [0.25, 0.3) is 0 Å². The summed E-state index contributed by atoms with van der Waals surface area (Å²) in [6.07, 6.45) is 2.24. The summed E-state index contributed by atoms with van der Waals surface area (Å²) >= 11 is 0. The van der Waals surface area contributed by atoms with Gasteiger partial charge in [-0.15, -0.1) is 0 Å². The second-order valence-electron chi connectivity index (χ2n) is 7.07. The lowest BCUT2D eigenvalue weighted by atomic mass is 10.0. The third-order valence-corrected chi connectivity index (χ3v) is 6.67. The molecule has 28 heavy (non-hydrogen) atoms. The van der Waals surface area contributed by atoms with Crippen LogP contribution in [0, 0.1) is 5.92 Å². The number of aromatic nitrogens is 2. The van der Waals surface area contributed by atoms with Gasteiger partial charge in [0.2, 0.25) is 10.0 Å². The minimum atomic E-state index is -3.56. The Kier molecular flexibility index (Phi) is 6.48. The molecule has 1 N–H and O–H groups in total. The van der Waals surface area contributed by atoms with E-state index >= 15 is 0 Å². The Hall–Kier alpha value is -2.23. The van der Waals surface area contributed by atoms with Crippen molar-refractivity contribution in [1.82, 2.24) is 19.6 Å². The second-order valence-corrected chi connectivity index (χ2v) is 9.01. The van der Waals surface area contributed by atoms with Crippen molar-refractivity contribution in [2.75, 3.05) is 52.3 Å². The molecule has 0 radical (unpaired) electrons. The lowest BCUT2D eigenvalue weighted by molar-refractivity contribution is 0.373. The SMILES string of the molecule is COc1ccc(S(=O)(=O)N2CCNC[C@H](Cc3cc(N(C)C)ncn3)C2)cc1. The Morgan fingerprint density at radius 2 is 2.00 bits per heavy atom. The normalized spacial score (nSPS) is 18.5. The number of methoxy groups -OCH3 is 1. The summed E-state index contributed by atoms with van der Waals surface area (Å²) in [6, 6.07) is 8.48. The van der Waals surface area contributed by atoms with E-state index in [0.29, 0.717) is 31.8 Å². The summed E-state index contributed by atoms with van der Waals surface area (Å²) in [4.78, 5) is 10.8. The fourth-order valence-corrected chi connectivity index (χ4v) is 4.76. The third-order valence-electron chi connectivity index (χ3n) is 4.80. The van der Waals surface area contributed by atoms with Crippen LogP contribution in [0.4, 0.5) is 5.82 Å². The van der Waals surface area contributed by atoms with E-state index in [1.807, 2.05) is 25.1 Å². The summed E-state index contributed by atoms with van der Waals surface area (Å²) in [5.41, 5.74) is 0.911. The van der Waals surface area contributed by atoms with Crippen molar-refractivity contribution in [1.29, 1.82) is 0 Å². The van der Waals surface area contributed by atoms with Crippen LogP contribution in [0.2, 0.25) is 0 Å². The Morgan fingerprint density at radius 1 is 1.25 bits per heavy atom. The second kappa shape index (κ2) is 8.85. The highest BCUT2D eigenvalue weighted by Crippen LogP contribution is 2.22. The Morgan fingerprint density at radius 3 is 2.68 bits per heavy atom. The Labute approximate surface area is 166 Å². The van der Waals surface area contributed by atoms with Gasteiger partial charge in [0.15, 0.2) is 0 Å². The molecule has 0 bridgehead atoms. The fourth-order valence-electron chi connectivity index (χ4n) is 3.24. The number of nitrogens with zero attached hydrogens (tertiary/aromatic N) is 4. The average molecular weight is 406 g/mol. The van der Waals surface area contributed by atoms with E-state index in [2.05, 4.69) is 15.3 Å². The van der Waals surface area contributed by atoms with Crippen molar-refractivity contribution >= 4 is 15.8 Å². The molecule has 1 atom stereocenters. The van der Waals surface area contributed by atoms with E-state index in [4.69, 9.17) is 4.74 Å². The smallest absolute Gasteiger partial charge is 0.243 e. The highest BCUT2D eigenvalue weighted by atomic mass is 32.2. The summed E-state index contributed by atoms with van der Waals surface area (Å²) < 4.78 is 32.9. The van der Waals surface area contributed by atoms with Crippen LogP contribution in [-0.2, 0) is 16.4 Å². The van der Waals surface area contributed by atoms with Gasteiger partial charge in [0, 0.05) is 45.5 Å². The van der Waals surface area contributed by atoms with E-state index < -0.39 is 10.0 Å². The summed E-state index contributed by atoms with van der Waals surface area (Å²) in [6.45, 7) is 2.26. The van der Waals surface area contributed by atoms with Crippen molar-refractivity contribution in [3.05, 3.63) is 42.4 Å². The molecule has 8 nitrogen and oxygen atoms in total. The maximum Gasteiger partial charge on any atom is 0.243 e. The topological polar surface area (TPSA) is 87.7 Å². The van der Waals surface area contributed by atoms with E-state index in [1.165, 1.54) is 0 Å². The molecule has 152 valence electrons. The number of nitrogens with one attached hydrogen (secondary N) is 1. The first-order valence-electron chi connectivity index (χ1n) is 9.23. The molecule has 1 aromatic carbocycles. The standard InChI is InChI=1S/C19H27N5O3S/c1-23(2)19-11-16(21-14-22-19)10-15-12-20-8-9-24(13-15)28(25,26)18-6-4-17(27-3)5-7-18/h4-7,11,14-15,20H,8-10,12-13H2,1-3H3/t15-/m0/s1. The van der Waals surface area contributed by atoms with Crippen LogP contribution >= 0.6 is 0 Å². The van der Waals surface area contributed by atoms with E-state index in [-0.39, 0.29) is 10.8 Å². The van der Waals surface area contributed by atoms with Crippen LogP contribution < -0.4 is 15.0 Å². The minimum absolute atomic E-state index is 0.125. The molecule has 1 fully saturated rings. The van der Waals surface area contributed by atoms with Gasteiger partial charge >= 0.3 is 0 Å². The maximum atomic E-state index is 13.1. The van der Waals surface area contributed by atoms with Crippen molar-refractivity contribution in [3.63, 3.8) is 0 Å². The third kappa shape index (κ3) is 4.78. The molecular formula is C19H27N5O3S. The maximum absolute atomic E-state index is 13.1. The highest BCUT2D eigenvalue weighted by Gasteiger charge is 2.29. The van der Waals surface area contributed by atoms with Gasteiger partial charge in [0.05, 0.1) is 12.0 Å². The Bertz CT molecular complexity index is 887. The Balaban J connectivity index is 1.76. The van der Waals surface area contributed by atoms with Gasteiger partial charge in [-0.05, 0) is 43.1 Å². The molecule has 9 heteroatoms. The number of hydrogen-bond donors (Lipinski definition) is 1. The molecule has 2 aromatic rings. The number of hydrogen-bond acceptors (Lipinski definition) is 7. The number of benzene rings is 1. The first-order valence-corrected chi connectivity index (χ1v) is 10.7. The zero-order valence-corrected chi connectivity index (χ0v) is 17.3. The number of ether oxygens (including phenoxy) is 1. The summed E-state index contributed by atoms with van der Waals surface area (Å²) in [7, 11) is 1.86. The zero-order valence-electron chi connectivity index (χ0n) is 16.5. The van der Waals surface area contributed by atoms with Crippen LogP contribution in [0.3, 0.4) is 0 Å². The predicted molar refractivity (Wildman–Crippen MR) is 108 cm³/mol. The monoisotopic (exact) mass is 405 g/mol. The van der Waals surface area contributed by atoms with Gasteiger partial charge < -0.3 is 15.0 Å². The first-order chi connectivity index (χ1) is 13.4. The van der Waals surface area contributed by atoms with Crippen molar-refractivity contribution < 1.29 is 13.2 Å². The predicted octanol–water partition coefficient (Wildman–Crippen LogP) is 1.00. The molecule has 2 heterocycles. The van der Waals surface area contributed by atoms with E-state index in [1.54, 1.807) is 42.0 Å². The van der Waals surface area contributed by atoms with Crippen LogP contribution in [0.1, 0.15) is 5.69 Å². The van der Waals surface area contributed by atoms with Crippen molar-refractivity contribution in [3.8, 4) is 5.75 Å². The molecule has 1 aliphatic heterocycles. The quantitative estimate of drug-likeness (QED) is 0.767. The van der Waals surface area contributed by atoms with Crippen LogP contribution in [0.5, 0.6) is 5.75 Å². The van der Waals surface area contributed by atoms with Crippen molar-refractivity contribution in [2.45, 2.75) is 11.3 Å². The number of anilines is 1. The molecule has 1 aromatic heterocycles.